The summed E-state index contributed by atoms with van der Waals surface area (Å²) in [5.41, 5.74) is 8.12. The highest BCUT2D eigenvalue weighted by Crippen LogP contribution is 2.45. The van der Waals surface area contributed by atoms with E-state index in [0.717, 1.165) is 41.7 Å². The molecule has 30 heavy (non-hydrogen) atoms. The fraction of sp³-hybridized carbons (Fsp3) is 0.391. The number of hydrogen-bond acceptors (Lipinski definition) is 3. The summed E-state index contributed by atoms with van der Waals surface area (Å²) < 4.78 is 0. The Morgan fingerprint density at radius 3 is 2.67 bits per heavy atom. The average molecular weight is 465 g/mol. The van der Waals surface area contributed by atoms with Gasteiger partial charge in [-0.25, -0.2) is 0 Å². The van der Waals surface area contributed by atoms with E-state index in [2.05, 4.69) is 26.1 Å². The van der Waals surface area contributed by atoms with E-state index < -0.39 is 5.91 Å². The number of nitrogens with one attached hydrogen (secondary N) is 1. The van der Waals surface area contributed by atoms with Crippen LogP contribution in [0.2, 0.25) is 10.0 Å². The average Bonchev–Trinajstić information content (AvgIpc) is 3.05. The van der Waals surface area contributed by atoms with E-state index in [1.165, 1.54) is 17.4 Å². The lowest BCUT2D eigenvalue weighted by atomic mass is 9.69. The molecule has 0 spiro atoms. The van der Waals surface area contributed by atoms with E-state index in [1.54, 1.807) is 24.3 Å². The molecule has 1 aliphatic rings. The second kappa shape index (κ2) is 9.13. The summed E-state index contributed by atoms with van der Waals surface area (Å²) >= 11 is 13.4. The number of rotatable bonds is 6. The third-order valence-electron chi connectivity index (χ3n) is 6.14. The van der Waals surface area contributed by atoms with Crippen LogP contribution in [0.4, 0.5) is 5.00 Å². The smallest absolute Gasteiger partial charge is 0.251 e. The fourth-order valence-electron chi connectivity index (χ4n) is 3.83. The first kappa shape index (κ1) is 22.9. The number of carbonyl (C=O) groups is 2. The third-order valence-corrected chi connectivity index (χ3v) is 8.04. The Balaban J connectivity index is 1.81. The Morgan fingerprint density at radius 1 is 1.30 bits per heavy atom. The number of anilines is 1. The molecule has 1 aromatic carbocycles. The molecular formula is C23H26Cl2N2O2S. The lowest BCUT2D eigenvalue weighted by Gasteiger charge is -2.36. The number of hydrogen-bond donors (Lipinski definition) is 2. The zero-order valence-electron chi connectivity index (χ0n) is 17.4. The van der Waals surface area contributed by atoms with Gasteiger partial charge >= 0.3 is 0 Å². The summed E-state index contributed by atoms with van der Waals surface area (Å²) in [6.45, 7) is 6.80. The van der Waals surface area contributed by atoms with Crippen LogP contribution in [-0.4, -0.2) is 11.8 Å². The number of fused-ring (bicyclic) bond motifs is 1. The minimum absolute atomic E-state index is 0.237. The zero-order chi connectivity index (χ0) is 22.1. The van der Waals surface area contributed by atoms with E-state index >= 15 is 0 Å². The lowest BCUT2D eigenvalue weighted by Crippen LogP contribution is -2.29. The fourth-order valence-corrected chi connectivity index (χ4v) is 5.47. The van der Waals surface area contributed by atoms with Crippen LogP contribution in [0.3, 0.4) is 0 Å². The maximum Gasteiger partial charge on any atom is 0.251 e. The minimum Gasteiger partial charge on any atom is -0.365 e. The van der Waals surface area contributed by atoms with E-state index in [1.807, 2.05) is 0 Å². The van der Waals surface area contributed by atoms with Crippen molar-refractivity contribution in [2.75, 3.05) is 5.32 Å². The van der Waals surface area contributed by atoms with Gasteiger partial charge in [0, 0.05) is 11.0 Å². The summed E-state index contributed by atoms with van der Waals surface area (Å²) in [5.74, 6) is -0.274. The van der Waals surface area contributed by atoms with Gasteiger partial charge in [-0.3, -0.25) is 9.59 Å². The van der Waals surface area contributed by atoms with Crippen molar-refractivity contribution in [3.63, 3.8) is 0 Å². The number of halogens is 2. The molecule has 0 radical (unpaired) electrons. The van der Waals surface area contributed by atoms with Crippen molar-refractivity contribution < 1.29 is 9.59 Å². The standard InChI is InChI=1S/C23H26Cl2N2O2S/c1-4-23(2,3)14-7-8-15-18(12-14)30-22(20(15)21(26)29)27-19(28)10-6-13-5-9-16(24)17(25)11-13/h5-6,9-11,14H,4,7-8,12H2,1-3H3,(H2,26,29)(H,27,28)/b10-6+. The first-order chi connectivity index (χ1) is 14.1. The maximum atomic E-state index is 12.5. The van der Waals surface area contributed by atoms with E-state index in [4.69, 9.17) is 28.9 Å². The summed E-state index contributed by atoms with van der Waals surface area (Å²) in [7, 11) is 0. The van der Waals surface area contributed by atoms with Gasteiger partial charge in [-0.1, -0.05) is 56.5 Å². The first-order valence-electron chi connectivity index (χ1n) is 10.0. The second-order valence-corrected chi connectivity index (χ2v) is 10.3. The van der Waals surface area contributed by atoms with Gasteiger partial charge in [0.05, 0.1) is 15.6 Å². The Labute approximate surface area is 191 Å². The van der Waals surface area contributed by atoms with Crippen molar-refractivity contribution in [1.29, 1.82) is 0 Å². The number of nitrogens with two attached hydrogens (primary N) is 1. The van der Waals surface area contributed by atoms with Crippen molar-refractivity contribution in [2.45, 2.75) is 46.5 Å². The van der Waals surface area contributed by atoms with Crippen molar-refractivity contribution in [3.8, 4) is 0 Å². The van der Waals surface area contributed by atoms with Gasteiger partial charge < -0.3 is 11.1 Å². The van der Waals surface area contributed by atoms with Gasteiger partial charge in [-0.15, -0.1) is 11.3 Å². The third kappa shape index (κ3) is 4.90. The number of amides is 2. The molecule has 0 saturated heterocycles. The predicted molar refractivity (Wildman–Crippen MR) is 127 cm³/mol. The van der Waals surface area contributed by atoms with Crippen molar-refractivity contribution >= 4 is 57.4 Å². The molecule has 1 unspecified atom stereocenters. The first-order valence-corrected chi connectivity index (χ1v) is 11.6. The molecule has 2 amide bonds. The largest absolute Gasteiger partial charge is 0.365 e. The summed E-state index contributed by atoms with van der Waals surface area (Å²) in [5, 5.41) is 4.26. The van der Waals surface area contributed by atoms with Gasteiger partial charge in [0.25, 0.3) is 5.91 Å². The van der Waals surface area contributed by atoms with Crippen LogP contribution in [-0.2, 0) is 17.6 Å². The van der Waals surface area contributed by atoms with Gasteiger partial charge in [-0.2, -0.15) is 0 Å². The highest BCUT2D eigenvalue weighted by Gasteiger charge is 2.34. The van der Waals surface area contributed by atoms with Gasteiger partial charge in [0.1, 0.15) is 5.00 Å². The van der Waals surface area contributed by atoms with Crippen molar-refractivity contribution in [1.82, 2.24) is 0 Å². The molecule has 0 aliphatic heterocycles. The molecule has 3 N–H and O–H groups in total. The molecule has 0 bridgehead atoms. The molecule has 1 heterocycles. The van der Waals surface area contributed by atoms with Crippen LogP contribution < -0.4 is 11.1 Å². The van der Waals surface area contributed by atoms with Crippen LogP contribution >= 0.6 is 34.5 Å². The Bertz CT molecular complexity index is 1010. The van der Waals surface area contributed by atoms with Crippen LogP contribution in [0.1, 0.15) is 60.0 Å². The van der Waals surface area contributed by atoms with Gasteiger partial charge in [-0.05, 0) is 59.9 Å². The molecule has 7 heteroatoms. The molecule has 1 aliphatic carbocycles. The summed E-state index contributed by atoms with van der Waals surface area (Å²) in [4.78, 5) is 25.8. The minimum atomic E-state index is -0.496. The molecule has 2 aromatic rings. The van der Waals surface area contributed by atoms with Gasteiger partial charge in [0.2, 0.25) is 5.91 Å². The predicted octanol–water partition coefficient (Wildman–Crippen LogP) is 6.35. The molecule has 1 aromatic heterocycles. The summed E-state index contributed by atoms with van der Waals surface area (Å²) in [6.07, 6.45) is 6.91. The van der Waals surface area contributed by atoms with Crippen LogP contribution in [0.25, 0.3) is 6.08 Å². The van der Waals surface area contributed by atoms with Crippen molar-refractivity contribution in [2.24, 2.45) is 17.1 Å². The molecule has 3 rings (SSSR count). The summed E-state index contributed by atoms with van der Waals surface area (Å²) in [6, 6.07) is 5.13. The highest BCUT2D eigenvalue weighted by atomic mass is 35.5. The van der Waals surface area contributed by atoms with Crippen LogP contribution in [0.15, 0.2) is 24.3 Å². The van der Waals surface area contributed by atoms with Gasteiger partial charge in [0.15, 0.2) is 0 Å². The molecule has 4 nitrogen and oxygen atoms in total. The molecule has 1 atom stereocenters. The Morgan fingerprint density at radius 2 is 2.03 bits per heavy atom. The lowest BCUT2D eigenvalue weighted by molar-refractivity contribution is -0.111. The van der Waals surface area contributed by atoms with E-state index in [0.29, 0.717) is 26.5 Å². The Kier molecular flexibility index (Phi) is 6.95. The SMILES string of the molecule is CCC(C)(C)C1CCc2c(sc(NC(=O)/C=C/c3ccc(Cl)c(Cl)c3)c2C(N)=O)C1. The topological polar surface area (TPSA) is 72.2 Å². The maximum absolute atomic E-state index is 12.5. The number of carbonyl (C=O) groups excluding carboxylic acids is 2. The van der Waals surface area contributed by atoms with Crippen LogP contribution in [0.5, 0.6) is 0 Å². The quantitative estimate of drug-likeness (QED) is 0.488. The molecule has 160 valence electrons. The zero-order valence-corrected chi connectivity index (χ0v) is 19.7. The number of thiophene rings is 1. The molecule has 0 saturated carbocycles. The monoisotopic (exact) mass is 464 g/mol. The number of benzene rings is 1. The van der Waals surface area contributed by atoms with E-state index in [-0.39, 0.29) is 11.3 Å². The van der Waals surface area contributed by atoms with E-state index in [9.17, 15) is 9.59 Å². The highest BCUT2D eigenvalue weighted by molar-refractivity contribution is 7.17. The Hall–Kier alpha value is -1.82. The van der Waals surface area contributed by atoms with Crippen LogP contribution in [0, 0.1) is 11.3 Å². The van der Waals surface area contributed by atoms with Crippen molar-refractivity contribution in [3.05, 3.63) is 55.9 Å². The second-order valence-electron chi connectivity index (χ2n) is 8.35. The molecular weight excluding hydrogens is 439 g/mol. The normalized spacial score (nSPS) is 16.5. The number of primary amides is 1. The molecule has 0 fully saturated rings.